The van der Waals surface area contributed by atoms with Gasteiger partial charge in [0, 0.05) is 0 Å². The average molecular weight is 209 g/mol. The van der Waals surface area contributed by atoms with Gasteiger partial charge < -0.3 is 9.52 Å². The number of aromatic nitrogens is 1. The Morgan fingerprint density at radius 2 is 2.13 bits per heavy atom. The van der Waals surface area contributed by atoms with E-state index < -0.39 is 5.76 Å². The van der Waals surface area contributed by atoms with Crippen LogP contribution in [-0.4, -0.2) is 10.1 Å². The van der Waals surface area contributed by atoms with Gasteiger partial charge in [0.25, 0.3) is 0 Å². The van der Waals surface area contributed by atoms with Crippen LogP contribution in [0.15, 0.2) is 33.5 Å². The lowest BCUT2D eigenvalue weighted by atomic mass is 10.2. The van der Waals surface area contributed by atoms with E-state index in [1.165, 1.54) is 0 Å². The van der Waals surface area contributed by atoms with E-state index in [0.717, 1.165) is 12.8 Å². The van der Waals surface area contributed by atoms with E-state index in [4.69, 9.17) is 5.11 Å². The van der Waals surface area contributed by atoms with Gasteiger partial charge in [-0.25, -0.2) is 4.79 Å². The summed E-state index contributed by atoms with van der Waals surface area (Å²) in [6, 6.07) is 0. The molecule has 82 valence electrons. The summed E-state index contributed by atoms with van der Waals surface area (Å²) in [5.74, 6) is -0.921. The summed E-state index contributed by atoms with van der Waals surface area (Å²) in [4.78, 5) is 13.1. The molecule has 4 nitrogen and oxygen atoms in total. The van der Waals surface area contributed by atoms with Crippen molar-refractivity contribution < 1.29 is 9.52 Å². The molecule has 0 atom stereocenters. The number of hydrogen-bond donors (Lipinski definition) is 2. The zero-order valence-corrected chi connectivity index (χ0v) is 8.69. The number of allylic oxidation sites excluding steroid dienone is 4. The molecule has 0 saturated carbocycles. The second kappa shape index (κ2) is 5.90. The Bertz CT molecular complexity index is 398. The van der Waals surface area contributed by atoms with Gasteiger partial charge in [-0.3, -0.25) is 4.98 Å². The highest BCUT2D eigenvalue weighted by molar-refractivity contribution is 5.13. The fraction of sp³-hybridized carbons (Fsp3) is 0.364. The molecule has 1 rings (SSSR count). The van der Waals surface area contributed by atoms with Crippen LogP contribution >= 0.6 is 0 Å². The molecular weight excluding hydrogens is 194 g/mol. The van der Waals surface area contributed by atoms with Crippen LogP contribution in [0.1, 0.15) is 25.5 Å². The van der Waals surface area contributed by atoms with Crippen LogP contribution in [0.4, 0.5) is 0 Å². The van der Waals surface area contributed by atoms with Gasteiger partial charge in [0.2, 0.25) is 0 Å². The van der Waals surface area contributed by atoms with Crippen molar-refractivity contribution in [3.05, 3.63) is 40.5 Å². The van der Waals surface area contributed by atoms with Gasteiger partial charge in [-0.15, -0.1) is 0 Å². The third-order valence-corrected chi connectivity index (χ3v) is 1.88. The van der Waals surface area contributed by atoms with Crippen LogP contribution in [0.2, 0.25) is 0 Å². The standard InChI is InChI=1S/C11H15NO3/c1-2-3-4-5-6-7-8-9-10(13)15-11(14)12-9/h3-6,13H,2,7-8H2,1H3,(H,12,14)/b4-3?,6-5-. The molecule has 2 N–H and O–H groups in total. The lowest BCUT2D eigenvalue weighted by Gasteiger charge is -1.90. The van der Waals surface area contributed by atoms with Crippen molar-refractivity contribution in [2.45, 2.75) is 26.2 Å². The first-order chi connectivity index (χ1) is 7.24. The van der Waals surface area contributed by atoms with E-state index in [1.807, 2.05) is 24.3 Å². The van der Waals surface area contributed by atoms with Gasteiger partial charge >= 0.3 is 11.7 Å². The molecule has 0 aromatic carbocycles. The summed E-state index contributed by atoms with van der Waals surface area (Å²) in [6.07, 6.45) is 10.3. The summed E-state index contributed by atoms with van der Waals surface area (Å²) in [6.45, 7) is 2.07. The second-order valence-electron chi connectivity index (χ2n) is 3.10. The molecule has 0 saturated heterocycles. The number of nitrogens with one attached hydrogen (secondary N) is 1. The molecule has 15 heavy (non-hydrogen) atoms. The van der Waals surface area contributed by atoms with Crippen molar-refractivity contribution in [1.29, 1.82) is 0 Å². The Balaban J connectivity index is 2.38. The van der Waals surface area contributed by atoms with Crippen LogP contribution in [0, 0.1) is 0 Å². The number of H-pyrrole nitrogens is 1. The molecule has 0 radical (unpaired) electrons. The van der Waals surface area contributed by atoms with E-state index in [9.17, 15) is 4.79 Å². The zero-order chi connectivity index (χ0) is 11.1. The molecule has 0 aliphatic carbocycles. The fourth-order valence-corrected chi connectivity index (χ4v) is 1.14. The Labute approximate surface area is 87.9 Å². The molecule has 0 amide bonds. The van der Waals surface area contributed by atoms with Crippen LogP contribution in [0.3, 0.4) is 0 Å². The summed E-state index contributed by atoms with van der Waals surface area (Å²) in [5, 5.41) is 9.14. The molecular formula is C11H15NO3. The number of aryl methyl sites for hydroxylation is 1. The molecule has 1 heterocycles. The molecule has 0 aliphatic rings. The van der Waals surface area contributed by atoms with Crippen molar-refractivity contribution in [3.63, 3.8) is 0 Å². The first kappa shape index (κ1) is 11.4. The topological polar surface area (TPSA) is 66.2 Å². The molecule has 0 aliphatic heterocycles. The van der Waals surface area contributed by atoms with Crippen LogP contribution in [0.25, 0.3) is 0 Å². The third-order valence-electron chi connectivity index (χ3n) is 1.88. The van der Waals surface area contributed by atoms with Crippen molar-refractivity contribution in [3.8, 4) is 5.95 Å². The number of aromatic hydroxyl groups is 1. The fourth-order valence-electron chi connectivity index (χ4n) is 1.14. The lowest BCUT2D eigenvalue weighted by Crippen LogP contribution is -1.96. The minimum atomic E-state index is -0.614. The van der Waals surface area contributed by atoms with E-state index >= 15 is 0 Å². The highest BCUT2D eigenvalue weighted by atomic mass is 16.5. The monoisotopic (exact) mass is 209 g/mol. The van der Waals surface area contributed by atoms with Crippen LogP contribution in [-0.2, 0) is 6.42 Å². The molecule has 0 unspecified atom stereocenters. The Kier molecular flexibility index (Phi) is 4.47. The van der Waals surface area contributed by atoms with Crippen molar-refractivity contribution in [2.24, 2.45) is 0 Å². The number of rotatable bonds is 5. The maximum Gasteiger partial charge on any atom is 0.419 e. The SMILES string of the molecule is CCC=C/C=C\CCc1[nH]c(=O)oc1O. The highest BCUT2D eigenvalue weighted by Gasteiger charge is 2.05. The van der Waals surface area contributed by atoms with Gasteiger partial charge in [0.15, 0.2) is 0 Å². The number of hydrogen-bond acceptors (Lipinski definition) is 3. The Hall–Kier alpha value is -1.71. The largest absolute Gasteiger partial charge is 0.479 e. The predicted octanol–water partition coefficient (Wildman–Crippen LogP) is 2.13. The van der Waals surface area contributed by atoms with E-state index in [-0.39, 0.29) is 5.95 Å². The zero-order valence-electron chi connectivity index (χ0n) is 8.69. The number of aromatic amines is 1. The van der Waals surface area contributed by atoms with Gasteiger partial charge in [-0.05, 0) is 19.3 Å². The summed E-state index contributed by atoms with van der Waals surface area (Å²) in [5.41, 5.74) is 0.448. The lowest BCUT2D eigenvalue weighted by molar-refractivity contribution is 0.316. The maximum absolute atomic E-state index is 10.7. The van der Waals surface area contributed by atoms with Gasteiger partial charge in [-0.1, -0.05) is 31.2 Å². The van der Waals surface area contributed by atoms with E-state index in [2.05, 4.69) is 16.3 Å². The quantitative estimate of drug-likeness (QED) is 0.730. The van der Waals surface area contributed by atoms with Crippen molar-refractivity contribution >= 4 is 0 Å². The van der Waals surface area contributed by atoms with Crippen LogP contribution in [0.5, 0.6) is 5.95 Å². The molecule has 0 fully saturated rings. The molecule has 0 bridgehead atoms. The van der Waals surface area contributed by atoms with Gasteiger partial charge in [0.05, 0.1) is 0 Å². The minimum Gasteiger partial charge on any atom is -0.479 e. The molecule has 0 spiro atoms. The molecule has 1 aromatic heterocycles. The second-order valence-corrected chi connectivity index (χ2v) is 3.10. The smallest absolute Gasteiger partial charge is 0.419 e. The van der Waals surface area contributed by atoms with Crippen LogP contribution < -0.4 is 5.76 Å². The highest BCUT2D eigenvalue weighted by Crippen LogP contribution is 2.12. The summed E-state index contributed by atoms with van der Waals surface area (Å²) < 4.78 is 4.42. The predicted molar refractivity (Wildman–Crippen MR) is 57.9 cm³/mol. The summed E-state index contributed by atoms with van der Waals surface area (Å²) in [7, 11) is 0. The molecule has 1 aromatic rings. The van der Waals surface area contributed by atoms with Gasteiger partial charge in [0.1, 0.15) is 5.69 Å². The Morgan fingerprint density at radius 3 is 2.73 bits per heavy atom. The van der Waals surface area contributed by atoms with Crippen molar-refractivity contribution in [1.82, 2.24) is 4.98 Å². The minimum absolute atomic E-state index is 0.308. The molecule has 4 heteroatoms. The maximum atomic E-state index is 10.7. The Morgan fingerprint density at radius 1 is 1.40 bits per heavy atom. The number of oxazole rings is 1. The van der Waals surface area contributed by atoms with E-state index in [0.29, 0.717) is 12.1 Å². The van der Waals surface area contributed by atoms with Crippen molar-refractivity contribution in [2.75, 3.05) is 0 Å². The first-order valence-corrected chi connectivity index (χ1v) is 4.96. The average Bonchev–Trinajstić information content (AvgIpc) is 2.51. The first-order valence-electron chi connectivity index (χ1n) is 4.96. The normalized spacial score (nSPS) is 11.8. The summed E-state index contributed by atoms with van der Waals surface area (Å²) >= 11 is 0. The van der Waals surface area contributed by atoms with Gasteiger partial charge in [-0.2, -0.15) is 0 Å². The van der Waals surface area contributed by atoms with E-state index in [1.54, 1.807) is 0 Å². The third kappa shape index (κ3) is 3.89.